The van der Waals surface area contributed by atoms with Crippen LogP contribution in [0.4, 0.5) is 0 Å². The molecule has 1 atom stereocenters. The van der Waals surface area contributed by atoms with Crippen LogP contribution in [-0.2, 0) is 4.79 Å². The number of hydrogen-bond donors (Lipinski definition) is 3. The van der Waals surface area contributed by atoms with E-state index in [1.165, 1.54) is 6.33 Å². The second-order valence-electron chi connectivity index (χ2n) is 6.81. The van der Waals surface area contributed by atoms with Gasteiger partial charge < -0.3 is 15.2 Å². The van der Waals surface area contributed by atoms with Crippen LogP contribution in [-0.4, -0.2) is 43.8 Å². The number of hydrogen-bond acceptors (Lipinski definition) is 7. The number of aromatic amines is 1. The minimum absolute atomic E-state index is 0.0868. The highest BCUT2D eigenvalue weighted by Gasteiger charge is 2.33. The average molecular weight is 319 g/mol. The van der Waals surface area contributed by atoms with E-state index in [1.807, 2.05) is 20.8 Å². The Bertz CT molecular complexity index is 655. The average Bonchev–Trinajstić information content (AvgIpc) is 2.97. The molecule has 9 heteroatoms. The van der Waals surface area contributed by atoms with E-state index in [9.17, 15) is 4.79 Å². The second kappa shape index (κ2) is 6.07. The zero-order chi connectivity index (χ0) is 16.4. The van der Waals surface area contributed by atoms with Crippen molar-refractivity contribution in [3.8, 4) is 11.6 Å². The van der Waals surface area contributed by atoms with Gasteiger partial charge in [-0.25, -0.2) is 4.98 Å². The Morgan fingerprint density at radius 2 is 2.26 bits per heavy atom. The van der Waals surface area contributed by atoms with Gasteiger partial charge in [0, 0.05) is 6.04 Å². The smallest absolute Gasteiger partial charge is 0.250 e. The lowest BCUT2D eigenvalue weighted by molar-refractivity contribution is -0.122. The molecule has 3 N–H and O–H groups in total. The number of carbonyl (C=O) groups is 1. The summed E-state index contributed by atoms with van der Waals surface area (Å²) in [4.78, 5) is 20.5. The molecule has 1 saturated carbocycles. The maximum atomic E-state index is 12.1. The lowest BCUT2D eigenvalue weighted by Gasteiger charge is -2.28. The fourth-order valence-electron chi connectivity index (χ4n) is 2.15. The Hall–Kier alpha value is -2.29. The lowest BCUT2D eigenvalue weighted by Crippen LogP contribution is -2.41. The summed E-state index contributed by atoms with van der Waals surface area (Å²) < 4.78 is 5.33. The van der Waals surface area contributed by atoms with E-state index in [-0.39, 0.29) is 17.4 Å². The molecule has 0 saturated heterocycles. The van der Waals surface area contributed by atoms with Crippen molar-refractivity contribution in [3.63, 3.8) is 0 Å². The van der Waals surface area contributed by atoms with Crippen molar-refractivity contribution in [2.75, 3.05) is 6.54 Å². The van der Waals surface area contributed by atoms with Crippen molar-refractivity contribution in [1.82, 2.24) is 36.0 Å². The van der Waals surface area contributed by atoms with Crippen LogP contribution in [0, 0.1) is 5.41 Å². The minimum atomic E-state index is -0.389. The van der Waals surface area contributed by atoms with Crippen LogP contribution >= 0.6 is 0 Å². The predicted molar refractivity (Wildman–Crippen MR) is 81.0 cm³/mol. The molecule has 2 aromatic heterocycles. The Labute approximate surface area is 133 Å². The molecule has 0 aromatic carbocycles. The fraction of sp³-hybridized carbons (Fsp3) is 0.643. The number of amides is 1. The molecule has 1 aliphatic rings. The number of rotatable bonds is 6. The van der Waals surface area contributed by atoms with E-state index in [0.29, 0.717) is 30.1 Å². The Morgan fingerprint density at radius 3 is 2.87 bits per heavy atom. The van der Waals surface area contributed by atoms with Gasteiger partial charge in [0.05, 0.1) is 6.54 Å². The summed E-state index contributed by atoms with van der Waals surface area (Å²) in [5.41, 5.74) is -0.277. The molecule has 3 rings (SSSR count). The SMILES string of the molecule is CC(C)(C)[C@H](NC(=O)CNC1CC1)c1nc(-c2ncn[nH]2)no1. The summed E-state index contributed by atoms with van der Waals surface area (Å²) in [7, 11) is 0. The molecule has 0 radical (unpaired) electrons. The highest BCUT2D eigenvalue weighted by molar-refractivity contribution is 5.78. The van der Waals surface area contributed by atoms with Crippen LogP contribution in [0.1, 0.15) is 45.5 Å². The van der Waals surface area contributed by atoms with E-state index >= 15 is 0 Å². The van der Waals surface area contributed by atoms with E-state index in [1.54, 1.807) is 0 Å². The molecule has 2 heterocycles. The zero-order valence-corrected chi connectivity index (χ0v) is 13.5. The predicted octanol–water partition coefficient (Wildman–Crippen LogP) is 0.810. The van der Waals surface area contributed by atoms with Gasteiger partial charge in [0.15, 0.2) is 5.82 Å². The molecule has 1 amide bonds. The van der Waals surface area contributed by atoms with Crippen LogP contribution in [0.25, 0.3) is 11.6 Å². The molecule has 124 valence electrons. The van der Waals surface area contributed by atoms with E-state index < -0.39 is 0 Å². The standard InChI is InChI=1S/C14H21N7O2/c1-14(2,3)10(18-9(22)6-15-8-4-5-8)13-19-12(21-23-13)11-16-7-17-20-11/h7-8,10,15H,4-6H2,1-3H3,(H,18,22)(H,16,17,20)/t10-/m1/s1. The highest BCUT2D eigenvalue weighted by atomic mass is 16.5. The summed E-state index contributed by atoms with van der Waals surface area (Å²) in [6.07, 6.45) is 3.65. The molecule has 0 spiro atoms. The third-order valence-electron chi connectivity index (χ3n) is 3.62. The number of aromatic nitrogens is 5. The molecular formula is C14H21N7O2. The number of nitrogens with zero attached hydrogens (tertiary/aromatic N) is 4. The van der Waals surface area contributed by atoms with Crippen LogP contribution in [0.5, 0.6) is 0 Å². The molecule has 1 fully saturated rings. The van der Waals surface area contributed by atoms with Crippen molar-refractivity contribution in [2.45, 2.75) is 45.7 Å². The lowest BCUT2D eigenvalue weighted by atomic mass is 9.86. The summed E-state index contributed by atoms with van der Waals surface area (Å²) in [6.45, 7) is 6.31. The summed E-state index contributed by atoms with van der Waals surface area (Å²) in [6, 6.07) is 0.0930. The minimum Gasteiger partial charge on any atom is -0.343 e. The maximum Gasteiger partial charge on any atom is 0.250 e. The van der Waals surface area contributed by atoms with Crippen LogP contribution in [0.15, 0.2) is 10.9 Å². The van der Waals surface area contributed by atoms with E-state index in [2.05, 4.69) is 36.0 Å². The molecule has 1 aliphatic carbocycles. The Morgan fingerprint density at radius 1 is 1.48 bits per heavy atom. The van der Waals surface area contributed by atoms with E-state index in [0.717, 1.165) is 12.8 Å². The summed E-state index contributed by atoms with van der Waals surface area (Å²) in [5, 5.41) is 16.5. The van der Waals surface area contributed by atoms with Gasteiger partial charge >= 0.3 is 0 Å². The molecule has 23 heavy (non-hydrogen) atoms. The van der Waals surface area contributed by atoms with Gasteiger partial charge in [-0.2, -0.15) is 10.1 Å². The third kappa shape index (κ3) is 3.92. The first-order valence-corrected chi connectivity index (χ1v) is 7.65. The molecule has 0 aliphatic heterocycles. The van der Waals surface area contributed by atoms with Gasteiger partial charge in [-0.05, 0) is 18.3 Å². The first-order valence-electron chi connectivity index (χ1n) is 7.65. The van der Waals surface area contributed by atoms with Gasteiger partial charge in [0.25, 0.3) is 0 Å². The van der Waals surface area contributed by atoms with Crippen LogP contribution in [0.3, 0.4) is 0 Å². The Balaban J connectivity index is 1.72. The Kier molecular flexibility index (Phi) is 4.12. The molecule has 0 bridgehead atoms. The largest absolute Gasteiger partial charge is 0.343 e. The second-order valence-corrected chi connectivity index (χ2v) is 6.81. The van der Waals surface area contributed by atoms with Crippen molar-refractivity contribution >= 4 is 5.91 Å². The molecule has 2 aromatic rings. The number of carbonyl (C=O) groups excluding carboxylic acids is 1. The quantitative estimate of drug-likeness (QED) is 0.720. The number of H-pyrrole nitrogens is 1. The first-order chi connectivity index (χ1) is 10.9. The topological polar surface area (TPSA) is 122 Å². The third-order valence-corrected chi connectivity index (χ3v) is 3.62. The fourth-order valence-corrected chi connectivity index (χ4v) is 2.15. The highest BCUT2D eigenvalue weighted by Crippen LogP contribution is 2.32. The van der Waals surface area contributed by atoms with Crippen LogP contribution < -0.4 is 10.6 Å². The van der Waals surface area contributed by atoms with Gasteiger partial charge in [-0.3, -0.25) is 9.89 Å². The van der Waals surface area contributed by atoms with Gasteiger partial charge in [0.1, 0.15) is 12.4 Å². The summed E-state index contributed by atoms with van der Waals surface area (Å²) in [5.74, 6) is 1.01. The molecule has 0 unspecified atom stereocenters. The first kappa shape index (κ1) is 15.6. The zero-order valence-electron chi connectivity index (χ0n) is 13.5. The van der Waals surface area contributed by atoms with Gasteiger partial charge in [0.2, 0.25) is 17.6 Å². The molecule has 9 nitrogen and oxygen atoms in total. The summed E-state index contributed by atoms with van der Waals surface area (Å²) >= 11 is 0. The van der Waals surface area contributed by atoms with Crippen molar-refractivity contribution in [3.05, 3.63) is 12.2 Å². The maximum absolute atomic E-state index is 12.1. The van der Waals surface area contributed by atoms with Crippen LogP contribution in [0.2, 0.25) is 0 Å². The number of nitrogens with one attached hydrogen (secondary N) is 3. The monoisotopic (exact) mass is 319 g/mol. The van der Waals surface area contributed by atoms with Gasteiger partial charge in [-0.1, -0.05) is 25.9 Å². The van der Waals surface area contributed by atoms with E-state index in [4.69, 9.17) is 4.52 Å². The normalized spacial score (nSPS) is 16.3. The van der Waals surface area contributed by atoms with Crippen molar-refractivity contribution in [1.29, 1.82) is 0 Å². The van der Waals surface area contributed by atoms with Crippen molar-refractivity contribution < 1.29 is 9.32 Å². The molecular weight excluding hydrogens is 298 g/mol. The van der Waals surface area contributed by atoms with Gasteiger partial charge in [-0.15, -0.1) is 0 Å². The van der Waals surface area contributed by atoms with Crippen molar-refractivity contribution in [2.24, 2.45) is 5.41 Å².